The smallest absolute Gasteiger partial charge is 0.217 e. The summed E-state index contributed by atoms with van der Waals surface area (Å²) in [6.07, 6.45) is 3.69. The Labute approximate surface area is 243 Å². The maximum atomic E-state index is 12.0. The number of pyridine rings is 1. The molecule has 1 aliphatic rings. The fourth-order valence-corrected chi connectivity index (χ4v) is 5.31. The molecule has 1 fully saturated rings. The van der Waals surface area contributed by atoms with Gasteiger partial charge in [0, 0.05) is 30.9 Å². The van der Waals surface area contributed by atoms with Crippen molar-refractivity contribution in [3.05, 3.63) is 114 Å². The Morgan fingerprint density at radius 2 is 1.68 bits per heavy atom. The van der Waals surface area contributed by atoms with Crippen molar-refractivity contribution in [2.45, 2.75) is 63.6 Å². The summed E-state index contributed by atoms with van der Waals surface area (Å²) in [5.74, 6) is 1.09. The van der Waals surface area contributed by atoms with Crippen LogP contribution in [0.15, 0.2) is 97.2 Å². The number of carbonyl (C=O) groups excluding carboxylic acids is 1. The van der Waals surface area contributed by atoms with E-state index in [0.717, 1.165) is 41.0 Å². The van der Waals surface area contributed by atoms with Crippen LogP contribution in [-0.4, -0.2) is 34.7 Å². The Morgan fingerprint density at radius 1 is 0.927 bits per heavy atom. The normalized spacial score (nSPS) is 15.2. The lowest BCUT2D eigenvalue weighted by Gasteiger charge is -2.27. The van der Waals surface area contributed by atoms with E-state index < -0.39 is 12.1 Å². The van der Waals surface area contributed by atoms with Crippen LogP contribution in [-0.2, 0) is 16.8 Å². The highest BCUT2D eigenvalue weighted by atomic mass is 16.3. The maximum Gasteiger partial charge on any atom is 0.217 e. The summed E-state index contributed by atoms with van der Waals surface area (Å²) in [6.45, 7) is 6.31. The van der Waals surface area contributed by atoms with Crippen molar-refractivity contribution in [3.63, 3.8) is 0 Å². The van der Waals surface area contributed by atoms with E-state index in [1.165, 1.54) is 18.1 Å². The lowest BCUT2D eigenvalue weighted by Crippen LogP contribution is -2.49. The van der Waals surface area contributed by atoms with E-state index in [0.29, 0.717) is 18.9 Å². The molecule has 3 aromatic carbocycles. The summed E-state index contributed by atoms with van der Waals surface area (Å²) < 4.78 is 0. The van der Waals surface area contributed by atoms with Crippen molar-refractivity contribution in [2.75, 3.05) is 11.9 Å². The van der Waals surface area contributed by atoms with Gasteiger partial charge in [0.1, 0.15) is 5.82 Å². The molecule has 1 heterocycles. The van der Waals surface area contributed by atoms with Crippen molar-refractivity contribution in [3.8, 4) is 11.1 Å². The molecule has 0 bridgehead atoms. The molecule has 41 heavy (non-hydrogen) atoms. The maximum absolute atomic E-state index is 12.0. The Kier molecular flexibility index (Phi) is 8.81. The van der Waals surface area contributed by atoms with Gasteiger partial charge in [0.2, 0.25) is 5.91 Å². The van der Waals surface area contributed by atoms with Crippen LogP contribution in [0.4, 0.5) is 11.5 Å². The first-order valence-corrected chi connectivity index (χ1v) is 14.5. The SMILES string of the molecule is CC(=O)N[C@@H](Cc1ccc(Nc2cc(-c3ccccc3)ccn2)cc1)[C@H](O)CNC1(c2cccc(C(C)C)c2)CC1. The predicted octanol–water partition coefficient (Wildman–Crippen LogP) is 6.30. The molecule has 0 radical (unpaired) electrons. The number of benzene rings is 3. The fourth-order valence-electron chi connectivity index (χ4n) is 5.31. The zero-order valence-corrected chi connectivity index (χ0v) is 24.1. The Hall–Kier alpha value is -4.00. The van der Waals surface area contributed by atoms with E-state index in [-0.39, 0.29) is 11.4 Å². The van der Waals surface area contributed by atoms with E-state index in [1.807, 2.05) is 54.6 Å². The number of anilines is 2. The molecule has 0 aliphatic heterocycles. The summed E-state index contributed by atoms with van der Waals surface area (Å²) in [5.41, 5.74) is 6.70. The molecule has 6 heteroatoms. The zero-order valence-electron chi connectivity index (χ0n) is 24.1. The fraction of sp³-hybridized carbons (Fsp3) is 0.314. The van der Waals surface area contributed by atoms with Crippen molar-refractivity contribution >= 4 is 17.4 Å². The van der Waals surface area contributed by atoms with Gasteiger partial charge in [-0.2, -0.15) is 0 Å². The first-order valence-electron chi connectivity index (χ1n) is 14.5. The van der Waals surface area contributed by atoms with Gasteiger partial charge >= 0.3 is 0 Å². The third-order valence-electron chi connectivity index (χ3n) is 7.91. The van der Waals surface area contributed by atoms with E-state index in [2.05, 4.69) is 71.2 Å². The number of nitrogens with one attached hydrogen (secondary N) is 3. The summed E-state index contributed by atoms with van der Waals surface area (Å²) in [5, 5.41) is 21.1. The van der Waals surface area contributed by atoms with Crippen molar-refractivity contribution < 1.29 is 9.90 Å². The lowest BCUT2D eigenvalue weighted by molar-refractivity contribution is -0.120. The van der Waals surface area contributed by atoms with E-state index in [9.17, 15) is 9.90 Å². The van der Waals surface area contributed by atoms with Crippen LogP contribution in [0.3, 0.4) is 0 Å². The standard InChI is InChI=1S/C35H40N4O2/c1-24(2)28-10-7-11-30(21-28)35(17-18-35)37-23-33(41)32(38-25(3)40)20-26-12-14-31(15-13-26)39-34-22-29(16-19-36-34)27-8-5-4-6-9-27/h4-16,19,21-22,24,32-33,37,41H,17-18,20,23H2,1-3H3,(H,36,39)(H,38,40)/t32-,33+/m0/s1. The van der Waals surface area contributed by atoms with Crippen LogP contribution >= 0.6 is 0 Å². The highest BCUT2D eigenvalue weighted by molar-refractivity contribution is 5.73. The average Bonchev–Trinajstić information content (AvgIpc) is 3.78. The van der Waals surface area contributed by atoms with Gasteiger partial charge in [0.15, 0.2) is 0 Å². The Bertz CT molecular complexity index is 1450. The number of aliphatic hydroxyl groups is 1. The summed E-state index contributed by atoms with van der Waals surface area (Å²) in [6, 6.07) is 30.7. The van der Waals surface area contributed by atoms with Crippen LogP contribution < -0.4 is 16.0 Å². The number of rotatable bonds is 12. The molecule has 4 aromatic rings. The number of hydrogen-bond donors (Lipinski definition) is 4. The molecule has 2 atom stereocenters. The van der Waals surface area contributed by atoms with Gasteiger partial charge in [0.05, 0.1) is 12.1 Å². The summed E-state index contributed by atoms with van der Waals surface area (Å²) in [4.78, 5) is 16.5. The van der Waals surface area contributed by atoms with Gasteiger partial charge in [-0.25, -0.2) is 4.98 Å². The number of aliphatic hydroxyl groups excluding tert-OH is 1. The van der Waals surface area contributed by atoms with Gasteiger partial charge in [-0.15, -0.1) is 0 Å². The monoisotopic (exact) mass is 548 g/mol. The molecule has 0 unspecified atom stereocenters. The molecule has 1 saturated carbocycles. The van der Waals surface area contributed by atoms with Gasteiger partial charge in [-0.3, -0.25) is 4.79 Å². The first kappa shape index (κ1) is 28.5. The van der Waals surface area contributed by atoms with Crippen LogP contribution in [0, 0.1) is 0 Å². The first-order chi connectivity index (χ1) is 19.8. The van der Waals surface area contributed by atoms with Crippen LogP contribution in [0.2, 0.25) is 0 Å². The summed E-state index contributed by atoms with van der Waals surface area (Å²) >= 11 is 0. The molecule has 4 N–H and O–H groups in total. The third kappa shape index (κ3) is 7.40. The zero-order chi connectivity index (χ0) is 28.8. The second-order valence-electron chi connectivity index (χ2n) is 11.4. The highest BCUT2D eigenvalue weighted by Crippen LogP contribution is 2.46. The quantitative estimate of drug-likeness (QED) is 0.167. The second kappa shape index (κ2) is 12.7. The number of amides is 1. The van der Waals surface area contributed by atoms with Gasteiger partial charge < -0.3 is 21.1 Å². The van der Waals surface area contributed by atoms with E-state index >= 15 is 0 Å². The van der Waals surface area contributed by atoms with Crippen LogP contribution in [0.1, 0.15) is 56.2 Å². The van der Waals surface area contributed by atoms with E-state index in [1.54, 1.807) is 6.20 Å². The minimum atomic E-state index is -0.729. The predicted molar refractivity (Wildman–Crippen MR) is 166 cm³/mol. The number of carbonyl (C=O) groups is 1. The third-order valence-corrected chi connectivity index (χ3v) is 7.91. The number of nitrogens with zero attached hydrogens (tertiary/aromatic N) is 1. The van der Waals surface area contributed by atoms with Crippen molar-refractivity contribution in [1.82, 2.24) is 15.6 Å². The van der Waals surface area contributed by atoms with Gasteiger partial charge in [0.25, 0.3) is 0 Å². The molecule has 212 valence electrons. The van der Waals surface area contributed by atoms with E-state index in [4.69, 9.17) is 0 Å². The Balaban J connectivity index is 1.21. The molecular formula is C35H40N4O2. The Morgan fingerprint density at radius 3 is 2.37 bits per heavy atom. The summed E-state index contributed by atoms with van der Waals surface area (Å²) in [7, 11) is 0. The minimum absolute atomic E-state index is 0.0914. The van der Waals surface area contributed by atoms with Gasteiger partial charge in [-0.1, -0.05) is 80.6 Å². The average molecular weight is 549 g/mol. The molecule has 1 amide bonds. The molecular weight excluding hydrogens is 508 g/mol. The number of aromatic nitrogens is 1. The molecule has 1 aliphatic carbocycles. The minimum Gasteiger partial charge on any atom is -0.390 e. The van der Waals surface area contributed by atoms with Crippen molar-refractivity contribution in [2.24, 2.45) is 0 Å². The highest BCUT2D eigenvalue weighted by Gasteiger charge is 2.44. The molecule has 5 rings (SSSR count). The second-order valence-corrected chi connectivity index (χ2v) is 11.4. The molecule has 0 saturated heterocycles. The topological polar surface area (TPSA) is 86.3 Å². The van der Waals surface area contributed by atoms with Gasteiger partial charge in [-0.05, 0) is 77.3 Å². The van der Waals surface area contributed by atoms with Crippen LogP contribution in [0.25, 0.3) is 11.1 Å². The molecule has 1 aromatic heterocycles. The lowest BCUT2D eigenvalue weighted by atomic mass is 9.96. The largest absolute Gasteiger partial charge is 0.390 e. The number of hydrogen-bond acceptors (Lipinski definition) is 5. The van der Waals surface area contributed by atoms with Crippen molar-refractivity contribution in [1.29, 1.82) is 0 Å². The van der Waals surface area contributed by atoms with Crippen LogP contribution in [0.5, 0.6) is 0 Å². The molecule has 6 nitrogen and oxygen atoms in total. The molecule has 0 spiro atoms.